The zero-order valence-corrected chi connectivity index (χ0v) is 17.4. The molecule has 15 heteroatoms. The standard InChI is InChI=1S/C16H26N4O10S/c1-6(21)12(20-13(26)7(17)2-3-10(22)23)15(28)18-8(4-11(24)25)14(27)19-9(5-31)16(29)30/h6-9,12,21,31H,2-5,17H2,1H3,(H,18,28)(H,19,27)(H,20,26)(H,22,23)(H,24,25)(H,29,30). The molecule has 0 rings (SSSR count). The predicted molar refractivity (Wildman–Crippen MR) is 106 cm³/mol. The number of hydrogen-bond acceptors (Lipinski definition) is 9. The van der Waals surface area contributed by atoms with Gasteiger partial charge in [0.05, 0.1) is 18.6 Å². The van der Waals surface area contributed by atoms with E-state index in [4.69, 9.17) is 21.1 Å². The zero-order chi connectivity index (χ0) is 24.3. The number of carboxylic acid groups (broad SMARTS) is 3. The highest BCUT2D eigenvalue weighted by Crippen LogP contribution is 2.02. The molecule has 0 heterocycles. The van der Waals surface area contributed by atoms with Crippen molar-refractivity contribution in [1.29, 1.82) is 0 Å². The molecule has 0 aromatic rings. The number of rotatable bonds is 14. The lowest BCUT2D eigenvalue weighted by Gasteiger charge is -2.25. The summed E-state index contributed by atoms with van der Waals surface area (Å²) < 4.78 is 0. The van der Waals surface area contributed by atoms with Gasteiger partial charge in [0.25, 0.3) is 0 Å². The van der Waals surface area contributed by atoms with Crippen LogP contribution in [0.25, 0.3) is 0 Å². The number of nitrogens with two attached hydrogens (primary N) is 1. The molecule has 0 aliphatic rings. The highest BCUT2D eigenvalue weighted by molar-refractivity contribution is 7.80. The van der Waals surface area contributed by atoms with Crippen LogP contribution in [0.5, 0.6) is 0 Å². The van der Waals surface area contributed by atoms with Gasteiger partial charge in [-0.1, -0.05) is 0 Å². The summed E-state index contributed by atoms with van der Waals surface area (Å²) in [5.74, 6) is -7.67. The first-order valence-corrected chi connectivity index (χ1v) is 9.55. The van der Waals surface area contributed by atoms with E-state index in [-0.39, 0.29) is 12.2 Å². The average molecular weight is 466 g/mol. The van der Waals surface area contributed by atoms with Gasteiger partial charge in [-0.2, -0.15) is 12.6 Å². The van der Waals surface area contributed by atoms with Crippen LogP contribution in [0, 0.1) is 0 Å². The van der Waals surface area contributed by atoms with Crippen LogP contribution in [-0.2, 0) is 28.8 Å². The molecule has 0 aromatic carbocycles. The van der Waals surface area contributed by atoms with E-state index < -0.39 is 78.7 Å². The van der Waals surface area contributed by atoms with Crippen molar-refractivity contribution in [2.75, 3.05) is 5.75 Å². The van der Waals surface area contributed by atoms with Gasteiger partial charge in [0.2, 0.25) is 17.7 Å². The summed E-state index contributed by atoms with van der Waals surface area (Å²) in [4.78, 5) is 69.4. The number of thiol groups is 1. The van der Waals surface area contributed by atoms with Gasteiger partial charge in [0.15, 0.2) is 0 Å². The van der Waals surface area contributed by atoms with Crippen LogP contribution in [0.15, 0.2) is 0 Å². The van der Waals surface area contributed by atoms with Gasteiger partial charge >= 0.3 is 17.9 Å². The summed E-state index contributed by atoms with van der Waals surface area (Å²) in [6.07, 6.45) is -3.10. The molecule has 0 radical (unpaired) electrons. The van der Waals surface area contributed by atoms with Crippen LogP contribution >= 0.6 is 12.6 Å². The molecule has 0 aliphatic heterocycles. The van der Waals surface area contributed by atoms with Gasteiger partial charge in [0.1, 0.15) is 18.1 Å². The topological polar surface area (TPSA) is 245 Å². The molecule has 31 heavy (non-hydrogen) atoms. The smallest absolute Gasteiger partial charge is 0.327 e. The summed E-state index contributed by atoms with van der Waals surface area (Å²) in [6.45, 7) is 1.13. The summed E-state index contributed by atoms with van der Waals surface area (Å²) in [5.41, 5.74) is 5.53. The number of hydrogen-bond donors (Lipinski definition) is 9. The van der Waals surface area contributed by atoms with Crippen molar-refractivity contribution in [3.63, 3.8) is 0 Å². The SMILES string of the molecule is CC(O)C(NC(=O)C(N)CCC(=O)O)C(=O)NC(CC(=O)O)C(=O)NC(CS)C(=O)O. The van der Waals surface area contributed by atoms with Crippen LogP contribution in [0.1, 0.15) is 26.2 Å². The Morgan fingerprint density at radius 3 is 1.84 bits per heavy atom. The lowest BCUT2D eigenvalue weighted by Crippen LogP contribution is -2.60. The van der Waals surface area contributed by atoms with Gasteiger partial charge in [0, 0.05) is 12.2 Å². The Labute approximate surface area is 182 Å². The van der Waals surface area contributed by atoms with Crippen LogP contribution in [-0.4, -0.2) is 92.1 Å². The van der Waals surface area contributed by atoms with E-state index in [2.05, 4.69) is 17.9 Å². The number of amides is 3. The van der Waals surface area contributed by atoms with Crippen molar-refractivity contribution in [1.82, 2.24) is 16.0 Å². The molecule has 0 saturated heterocycles. The van der Waals surface area contributed by atoms with Crippen LogP contribution in [0.3, 0.4) is 0 Å². The van der Waals surface area contributed by atoms with E-state index in [1.807, 2.05) is 10.6 Å². The van der Waals surface area contributed by atoms with Crippen LogP contribution in [0.4, 0.5) is 0 Å². The highest BCUT2D eigenvalue weighted by atomic mass is 32.1. The van der Waals surface area contributed by atoms with Gasteiger partial charge in [-0.05, 0) is 13.3 Å². The highest BCUT2D eigenvalue weighted by Gasteiger charge is 2.33. The Bertz CT molecular complexity index is 702. The fourth-order valence-electron chi connectivity index (χ4n) is 2.18. The second-order valence-corrected chi connectivity index (χ2v) is 6.87. The Balaban J connectivity index is 5.33. The molecular weight excluding hydrogens is 440 g/mol. The predicted octanol–water partition coefficient (Wildman–Crippen LogP) is -3.50. The van der Waals surface area contributed by atoms with Crippen molar-refractivity contribution in [3.05, 3.63) is 0 Å². The second kappa shape index (κ2) is 13.4. The Kier molecular flexibility index (Phi) is 12.1. The van der Waals surface area contributed by atoms with E-state index in [0.717, 1.165) is 6.92 Å². The monoisotopic (exact) mass is 466 g/mol. The molecule has 14 nitrogen and oxygen atoms in total. The van der Waals surface area contributed by atoms with Crippen molar-refractivity contribution < 1.29 is 49.2 Å². The van der Waals surface area contributed by atoms with E-state index in [1.54, 1.807) is 0 Å². The molecule has 0 bridgehead atoms. The van der Waals surface area contributed by atoms with E-state index >= 15 is 0 Å². The third-order valence-corrected chi connectivity index (χ3v) is 4.24. The number of carbonyl (C=O) groups excluding carboxylic acids is 3. The first kappa shape index (κ1) is 28.1. The normalized spacial score (nSPS) is 15.5. The Morgan fingerprint density at radius 1 is 0.871 bits per heavy atom. The first-order valence-electron chi connectivity index (χ1n) is 8.92. The fraction of sp³-hybridized carbons (Fsp3) is 0.625. The van der Waals surface area contributed by atoms with Crippen molar-refractivity contribution >= 4 is 48.3 Å². The maximum absolute atomic E-state index is 12.5. The number of aliphatic hydroxyl groups is 1. The van der Waals surface area contributed by atoms with E-state index in [9.17, 15) is 33.9 Å². The van der Waals surface area contributed by atoms with Crippen molar-refractivity contribution in [2.45, 2.75) is 56.5 Å². The van der Waals surface area contributed by atoms with Gasteiger partial charge < -0.3 is 42.1 Å². The Hall–Kier alpha value is -2.91. The summed E-state index contributed by atoms with van der Waals surface area (Å²) in [7, 11) is 0. The van der Waals surface area contributed by atoms with Gasteiger partial charge in [-0.25, -0.2) is 4.79 Å². The molecule has 0 fully saturated rings. The van der Waals surface area contributed by atoms with E-state index in [1.165, 1.54) is 0 Å². The number of aliphatic carboxylic acids is 3. The molecule has 3 amide bonds. The zero-order valence-electron chi connectivity index (χ0n) is 16.5. The van der Waals surface area contributed by atoms with Gasteiger partial charge in [-0.15, -0.1) is 0 Å². The number of aliphatic hydroxyl groups excluding tert-OH is 1. The molecule has 0 spiro atoms. The summed E-state index contributed by atoms with van der Waals surface area (Å²) in [5, 5.41) is 42.5. The molecule has 176 valence electrons. The summed E-state index contributed by atoms with van der Waals surface area (Å²) in [6, 6.07) is -6.16. The second-order valence-electron chi connectivity index (χ2n) is 6.51. The maximum atomic E-state index is 12.5. The maximum Gasteiger partial charge on any atom is 0.327 e. The minimum Gasteiger partial charge on any atom is -0.481 e. The molecule has 5 unspecified atom stereocenters. The van der Waals surface area contributed by atoms with Gasteiger partial charge in [-0.3, -0.25) is 24.0 Å². The number of nitrogens with one attached hydrogen (secondary N) is 3. The van der Waals surface area contributed by atoms with Crippen molar-refractivity contribution in [2.24, 2.45) is 5.73 Å². The minimum absolute atomic E-state index is 0.250. The molecule has 0 aromatic heterocycles. The first-order chi connectivity index (χ1) is 14.3. The molecular formula is C16H26N4O10S. The lowest BCUT2D eigenvalue weighted by atomic mass is 10.1. The number of carboxylic acids is 3. The van der Waals surface area contributed by atoms with Crippen LogP contribution in [0.2, 0.25) is 0 Å². The average Bonchev–Trinajstić information content (AvgIpc) is 2.66. The quantitative estimate of drug-likeness (QED) is 0.114. The number of carbonyl (C=O) groups is 6. The molecule has 9 N–H and O–H groups in total. The summed E-state index contributed by atoms with van der Waals surface area (Å²) >= 11 is 3.76. The lowest BCUT2D eigenvalue weighted by molar-refractivity contribution is -0.143. The molecule has 5 atom stereocenters. The molecule has 0 aliphatic carbocycles. The molecule has 0 saturated carbocycles. The minimum atomic E-state index is -1.73. The third-order valence-electron chi connectivity index (χ3n) is 3.88. The van der Waals surface area contributed by atoms with E-state index in [0.29, 0.717) is 0 Å². The third kappa shape index (κ3) is 10.6. The largest absolute Gasteiger partial charge is 0.481 e. The Morgan fingerprint density at radius 2 is 1.42 bits per heavy atom. The van der Waals surface area contributed by atoms with Crippen LogP contribution < -0.4 is 21.7 Å². The fourth-order valence-corrected chi connectivity index (χ4v) is 2.43. The van der Waals surface area contributed by atoms with Crippen molar-refractivity contribution in [3.8, 4) is 0 Å².